The number of rotatable bonds is 5. The normalized spacial score (nSPS) is 14.1. The van der Waals surface area contributed by atoms with Crippen molar-refractivity contribution in [2.24, 2.45) is 5.73 Å². The third-order valence-electron chi connectivity index (χ3n) is 2.59. The summed E-state index contributed by atoms with van der Waals surface area (Å²) in [4.78, 5) is 10.9. The van der Waals surface area contributed by atoms with Crippen LogP contribution in [0.5, 0.6) is 5.75 Å². The summed E-state index contributed by atoms with van der Waals surface area (Å²) in [6.45, 7) is 3.61. The molecule has 2 atom stereocenters. The third kappa shape index (κ3) is 3.61. The molecule has 4 nitrogen and oxygen atoms in total. The number of primary amides is 1. The fourth-order valence-electron chi connectivity index (χ4n) is 1.30. The molecule has 0 saturated carbocycles. The Kier molecular flexibility index (Phi) is 4.78. The second-order valence-electron chi connectivity index (χ2n) is 3.86. The van der Waals surface area contributed by atoms with Gasteiger partial charge in [0.25, 0.3) is 5.91 Å². The maximum absolute atomic E-state index is 10.9. The molecule has 0 aromatic heterocycles. The summed E-state index contributed by atoms with van der Waals surface area (Å²) in [5.41, 5.74) is 6.17. The molecule has 1 rings (SSSR count). The number of nitrogens with one attached hydrogen (secondary N) is 1. The van der Waals surface area contributed by atoms with E-state index in [1.54, 1.807) is 13.0 Å². The van der Waals surface area contributed by atoms with Crippen LogP contribution in [0.4, 0.5) is 0 Å². The molecule has 3 N–H and O–H groups in total. The Morgan fingerprint density at radius 2 is 2.12 bits per heavy atom. The van der Waals surface area contributed by atoms with Crippen molar-refractivity contribution < 1.29 is 9.53 Å². The van der Waals surface area contributed by atoms with E-state index in [2.05, 4.69) is 5.32 Å². The van der Waals surface area contributed by atoms with E-state index in [1.807, 2.05) is 26.1 Å². The predicted molar refractivity (Wildman–Crippen MR) is 68.2 cm³/mol. The molecule has 0 heterocycles. The van der Waals surface area contributed by atoms with Crippen molar-refractivity contribution in [3.05, 3.63) is 28.8 Å². The molecule has 0 aliphatic rings. The molecule has 1 amide bonds. The van der Waals surface area contributed by atoms with Crippen molar-refractivity contribution in [2.45, 2.75) is 26.0 Å². The highest BCUT2D eigenvalue weighted by Crippen LogP contribution is 2.28. The standard InChI is InChI=1S/C12H17ClN2O2/c1-7(15-3)9-4-5-11(10(13)6-9)17-8(2)12(14)16/h4-8,15H,1-3H3,(H2,14,16). The number of carbonyl (C=O) groups is 1. The lowest BCUT2D eigenvalue weighted by molar-refractivity contribution is -0.123. The van der Waals surface area contributed by atoms with E-state index in [-0.39, 0.29) is 6.04 Å². The monoisotopic (exact) mass is 256 g/mol. The van der Waals surface area contributed by atoms with Gasteiger partial charge in [-0.25, -0.2) is 0 Å². The number of ether oxygens (including phenoxy) is 1. The SMILES string of the molecule is CNC(C)c1ccc(OC(C)C(N)=O)c(Cl)c1. The molecular formula is C12H17ClN2O2. The largest absolute Gasteiger partial charge is 0.479 e. The smallest absolute Gasteiger partial charge is 0.258 e. The molecule has 0 saturated heterocycles. The highest BCUT2D eigenvalue weighted by Gasteiger charge is 2.13. The number of carbonyl (C=O) groups excluding carboxylic acids is 1. The molecule has 0 fully saturated rings. The Bertz CT molecular complexity index is 409. The Labute approximate surface area is 106 Å². The molecule has 0 bridgehead atoms. The van der Waals surface area contributed by atoms with Crippen molar-refractivity contribution in [2.75, 3.05) is 7.05 Å². The Morgan fingerprint density at radius 3 is 2.59 bits per heavy atom. The average Bonchev–Trinajstić information content (AvgIpc) is 2.30. The number of halogens is 1. The molecule has 5 heteroatoms. The first-order valence-corrected chi connectivity index (χ1v) is 5.76. The first-order chi connectivity index (χ1) is 7.95. The Balaban J connectivity index is 2.86. The molecule has 0 spiro atoms. The number of nitrogens with two attached hydrogens (primary N) is 1. The summed E-state index contributed by atoms with van der Waals surface area (Å²) in [7, 11) is 1.87. The molecule has 1 aromatic rings. The third-order valence-corrected chi connectivity index (χ3v) is 2.89. The minimum absolute atomic E-state index is 0.204. The lowest BCUT2D eigenvalue weighted by Gasteiger charge is -2.15. The fourth-order valence-corrected chi connectivity index (χ4v) is 1.53. The summed E-state index contributed by atoms with van der Waals surface area (Å²) >= 11 is 6.07. The van der Waals surface area contributed by atoms with Crippen LogP contribution in [0, 0.1) is 0 Å². The second-order valence-corrected chi connectivity index (χ2v) is 4.27. The molecule has 1 aromatic carbocycles. The van der Waals surface area contributed by atoms with E-state index >= 15 is 0 Å². The van der Waals surface area contributed by atoms with E-state index in [1.165, 1.54) is 0 Å². The predicted octanol–water partition coefficient (Wildman–Crippen LogP) is 1.87. The van der Waals surface area contributed by atoms with Crippen LogP contribution in [-0.4, -0.2) is 19.1 Å². The molecule has 0 radical (unpaired) electrons. The van der Waals surface area contributed by atoms with Crippen LogP contribution in [0.2, 0.25) is 5.02 Å². The van der Waals surface area contributed by atoms with Crippen molar-refractivity contribution in [1.82, 2.24) is 5.32 Å². The zero-order valence-electron chi connectivity index (χ0n) is 10.2. The van der Waals surface area contributed by atoms with Gasteiger partial charge in [-0.15, -0.1) is 0 Å². The van der Waals surface area contributed by atoms with Gasteiger partial charge in [-0.3, -0.25) is 4.79 Å². The van der Waals surface area contributed by atoms with Gasteiger partial charge < -0.3 is 15.8 Å². The molecule has 94 valence electrons. The van der Waals surface area contributed by atoms with Crippen LogP contribution >= 0.6 is 11.6 Å². The first kappa shape index (κ1) is 13.8. The molecule has 17 heavy (non-hydrogen) atoms. The number of hydrogen-bond acceptors (Lipinski definition) is 3. The van der Waals surface area contributed by atoms with Crippen LogP contribution in [0.1, 0.15) is 25.5 Å². The Morgan fingerprint density at radius 1 is 1.47 bits per heavy atom. The number of hydrogen-bond donors (Lipinski definition) is 2. The van der Waals surface area contributed by atoms with Gasteiger partial charge in [-0.1, -0.05) is 17.7 Å². The van der Waals surface area contributed by atoms with Crippen molar-refractivity contribution >= 4 is 17.5 Å². The molecule has 0 aliphatic carbocycles. The summed E-state index contributed by atoms with van der Waals surface area (Å²) in [5.74, 6) is -0.0567. The average molecular weight is 257 g/mol. The molecule has 2 unspecified atom stereocenters. The topological polar surface area (TPSA) is 64.3 Å². The van der Waals surface area contributed by atoms with Crippen LogP contribution in [0.15, 0.2) is 18.2 Å². The van der Waals surface area contributed by atoms with Crippen LogP contribution in [-0.2, 0) is 4.79 Å². The van der Waals surface area contributed by atoms with Crippen molar-refractivity contribution in [3.63, 3.8) is 0 Å². The van der Waals surface area contributed by atoms with E-state index in [0.29, 0.717) is 10.8 Å². The van der Waals surface area contributed by atoms with Gasteiger partial charge in [-0.2, -0.15) is 0 Å². The quantitative estimate of drug-likeness (QED) is 0.845. The highest BCUT2D eigenvalue weighted by atomic mass is 35.5. The van der Waals surface area contributed by atoms with E-state index in [9.17, 15) is 4.79 Å². The number of benzene rings is 1. The second kappa shape index (κ2) is 5.89. The van der Waals surface area contributed by atoms with Crippen molar-refractivity contribution in [3.8, 4) is 5.75 Å². The van der Waals surface area contributed by atoms with Gasteiger partial charge in [0.2, 0.25) is 0 Å². The van der Waals surface area contributed by atoms with E-state index < -0.39 is 12.0 Å². The van der Waals surface area contributed by atoms with Gasteiger partial charge >= 0.3 is 0 Å². The van der Waals surface area contributed by atoms with Gasteiger partial charge in [0.1, 0.15) is 5.75 Å². The molecule has 0 aliphatic heterocycles. The zero-order valence-corrected chi connectivity index (χ0v) is 10.9. The van der Waals surface area contributed by atoms with Crippen LogP contribution < -0.4 is 15.8 Å². The number of amides is 1. The van der Waals surface area contributed by atoms with Gasteiger partial charge in [0, 0.05) is 6.04 Å². The summed E-state index contributed by atoms with van der Waals surface area (Å²) in [6, 6.07) is 5.66. The zero-order chi connectivity index (χ0) is 13.0. The minimum Gasteiger partial charge on any atom is -0.479 e. The fraction of sp³-hybridized carbons (Fsp3) is 0.417. The van der Waals surface area contributed by atoms with Gasteiger partial charge in [0.15, 0.2) is 6.10 Å². The summed E-state index contributed by atoms with van der Waals surface area (Å²) in [5, 5.41) is 3.58. The lowest BCUT2D eigenvalue weighted by Crippen LogP contribution is -2.30. The molecular weight excluding hydrogens is 240 g/mol. The minimum atomic E-state index is -0.694. The lowest BCUT2D eigenvalue weighted by atomic mass is 10.1. The van der Waals surface area contributed by atoms with Crippen LogP contribution in [0.3, 0.4) is 0 Å². The first-order valence-electron chi connectivity index (χ1n) is 5.38. The highest BCUT2D eigenvalue weighted by molar-refractivity contribution is 6.32. The summed E-state index contributed by atoms with van der Waals surface area (Å²) in [6.07, 6.45) is -0.694. The Hall–Kier alpha value is -1.26. The van der Waals surface area contributed by atoms with Gasteiger partial charge in [0.05, 0.1) is 5.02 Å². The van der Waals surface area contributed by atoms with Crippen molar-refractivity contribution in [1.29, 1.82) is 0 Å². The maximum atomic E-state index is 10.9. The summed E-state index contributed by atoms with van der Waals surface area (Å²) < 4.78 is 5.35. The van der Waals surface area contributed by atoms with E-state index in [4.69, 9.17) is 22.1 Å². The maximum Gasteiger partial charge on any atom is 0.258 e. The van der Waals surface area contributed by atoms with E-state index in [0.717, 1.165) is 5.56 Å². The van der Waals surface area contributed by atoms with Gasteiger partial charge in [-0.05, 0) is 38.6 Å². The van der Waals surface area contributed by atoms with Crippen LogP contribution in [0.25, 0.3) is 0 Å².